The normalized spacial score (nSPS) is 12.5. The van der Waals surface area contributed by atoms with Gasteiger partial charge >= 0.3 is 11.9 Å². The fourth-order valence-electron chi connectivity index (χ4n) is 3.94. The van der Waals surface area contributed by atoms with Crippen molar-refractivity contribution in [2.75, 3.05) is 0 Å². The highest BCUT2D eigenvalue weighted by molar-refractivity contribution is 6.30. The average molecular weight is 533 g/mol. The molecule has 38 heavy (non-hydrogen) atoms. The third-order valence-electron chi connectivity index (χ3n) is 6.02. The van der Waals surface area contributed by atoms with Crippen molar-refractivity contribution in [2.45, 2.75) is 51.7 Å². The molecule has 0 fully saturated rings. The van der Waals surface area contributed by atoms with Gasteiger partial charge < -0.3 is 14.8 Å². The average Bonchev–Trinajstić information content (AvgIpc) is 2.88. The van der Waals surface area contributed by atoms with Crippen LogP contribution in [0.1, 0.15) is 60.7 Å². The first-order valence-corrected chi connectivity index (χ1v) is 12.4. The van der Waals surface area contributed by atoms with Crippen LogP contribution >= 0.6 is 11.6 Å². The molecule has 8 heteroatoms. The molecule has 0 aliphatic carbocycles. The van der Waals surface area contributed by atoms with Crippen molar-refractivity contribution < 1.29 is 23.9 Å². The van der Waals surface area contributed by atoms with Crippen LogP contribution in [0.3, 0.4) is 0 Å². The smallest absolute Gasteiger partial charge is 0.339 e. The molecule has 0 saturated heterocycles. The molecule has 3 aromatic rings. The fourth-order valence-corrected chi connectivity index (χ4v) is 4.07. The zero-order valence-electron chi connectivity index (χ0n) is 21.7. The van der Waals surface area contributed by atoms with Crippen LogP contribution < -0.4 is 10.1 Å². The number of hydrogen-bond acceptors (Lipinski definition) is 6. The first-order chi connectivity index (χ1) is 18.0. The highest BCUT2D eigenvalue weighted by Crippen LogP contribution is 2.27. The Kier molecular flexibility index (Phi) is 9.27. The number of esters is 2. The Morgan fingerprint density at radius 3 is 2.29 bits per heavy atom. The van der Waals surface area contributed by atoms with Crippen LogP contribution in [0.25, 0.3) is 0 Å². The summed E-state index contributed by atoms with van der Waals surface area (Å²) in [6.07, 6.45) is 0.586. The van der Waals surface area contributed by atoms with Gasteiger partial charge in [-0.3, -0.25) is 9.59 Å². The second-order valence-corrected chi connectivity index (χ2v) is 9.89. The Morgan fingerprint density at radius 1 is 1.03 bits per heavy atom. The van der Waals surface area contributed by atoms with Crippen molar-refractivity contribution in [1.29, 1.82) is 5.26 Å². The summed E-state index contributed by atoms with van der Waals surface area (Å²) >= 11 is 6.05. The lowest BCUT2D eigenvalue weighted by atomic mass is 9.85. The number of nitrogens with zero attached hydrogens (tertiary/aromatic N) is 1. The van der Waals surface area contributed by atoms with E-state index in [-0.39, 0.29) is 17.5 Å². The Labute approximate surface area is 227 Å². The van der Waals surface area contributed by atoms with Crippen molar-refractivity contribution in [1.82, 2.24) is 5.32 Å². The van der Waals surface area contributed by atoms with Crippen LogP contribution in [-0.4, -0.2) is 29.5 Å². The van der Waals surface area contributed by atoms with Gasteiger partial charge in [-0.1, -0.05) is 35.9 Å². The fraction of sp³-hybridized carbons (Fsp3) is 0.267. The van der Waals surface area contributed by atoms with Gasteiger partial charge in [0.15, 0.2) is 5.60 Å². The van der Waals surface area contributed by atoms with E-state index in [0.29, 0.717) is 22.8 Å². The van der Waals surface area contributed by atoms with Crippen molar-refractivity contribution in [3.05, 3.63) is 100 Å². The number of rotatable bonds is 9. The van der Waals surface area contributed by atoms with Crippen molar-refractivity contribution in [3.63, 3.8) is 0 Å². The number of carbonyl (C=O) groups is 3. The van der Waals surface area contributed by atoms with Crippen LogP contribution in [-0.2, 0) is 20.7 Å². The summed E-state index contributed by atoms with van der Waals surface area (Å²) in [7, 11) is 0. The van der Waals surface area contributed by atoms with Gasteiger partial charge in [0.05, 0.1) is 17.2 Å². The lowest BCUT2D eigenvalue weighted by molar-refractivity contribution is -0.138. The number of nitrogens with one attached hydrogen (secondary N) is 1. The minimum Gasteiger partial charge on any atom is -0.446 e. The van der Waals surface area contributed by atoms with Crippen LogP contribution in [0.4, 0.5) is 0 Å². The monoisotopic (exact) mass is 532 g/mol. The number of halogens is 1. The van der Waals surface area contributed by atoms with Gasteiger partial charge in [0.2, 0.25) is 0 Å². The number of benzene rings is 3. The predicted molar refractivity (Wildman–Crippen MR) is 144 cm³/mol. The molecule has 0 aliphatic rings. The second-order valence-electron chi connectivity index (χ2n) is 9.45. The molecule has 3 rings (SSSR count). The number of amides is 1. The first kappa shape index (κ1) is 28.4. The number of hydrogen-bond donors (Lipinski definition) is 1. The SMILES string of the molecule is CC(=O)Oc1ccc(C(=O)OC(C)(C)C(=O)N[C@@H](C)[C@@H](Cc2ccc(Cl)cc2)c2cccc(C#N)c2)cc1. The van der Waals surface area contributed by atoms with E-state index in [1.54, 1.807) is 6.07 Å². The van der Waals surface area contributed by atoms with Gasteiger partial charge in [-0.2, -0.15) is 5.26 Å². The predicted octanol–water partition coefficient (Wildman–Crippen LogP) is 5.60. The zero-order chi connectivity index (χ0) is 27.9. The summed E-state index contributed by atoms with van der Waals surface area (Å²) in [5.74, 6) is -1.50. The molecule has 2 atom stereocenters. The molecule has 0 unspecified atom stereocenters. The number of nitriles is 1. The van der Waals surface area contributed by atoms with E-state index in [9.17, 15) is 19.6 Å². The molecule has 1 amide bonds. The third kappa shape index (κ3) is 7.67. The van der Waals surface area contributed by atoms with Gasteiger partial charge in [0, 0.05) is 23.9 Å². The molecule has 0 heterocycles. The Bertz CT molecular complexity index is 1340. The van der Waals surface area contributed by atoms with Gasteiger partial charge in [0.25, 0.3) is 5.91 Å². The van der Waals surface area contributed by atoms with Crippen LogP contribution in [0, 0.1) is 11.3 Å². The van der Waals surface area contributed by atoms with Crippen molar-refractivity contribution >= 4 is 29.4 Å². The van der Waals surface area contributed by atoms with Crippen molar-refractivity contribution in [2.24, 2.45) is 0 Å². The summed E-state index contributed by atoms with van der Waals surface area (Å²) < 4.78 is 10.5. The van der Waals surface area contributed by atoms with Crippen molar-refractivity contribution in [3.8, 4) is 11.8 Å². The zero-order valence-corrected chi connectivity index (χ0v) is 22.4. The number of ether oxygens (including phenoxy) is 2. The van der Waals surface area contributed by atoms with Crippen LogP contribution in [0.15, 0.2) is 72.8 Å². The van der Waals surface area contributed by atoms with E-state index in [2.05, 4.69) is 11.4 Å². The standard InChI is InChI=1S/C30H29ClN2O5/c1-19(27(17-21-8-12-25(31)13-9-21)24-7-5-6-22(16-24)18-32)33-29(36)30(3,4)38-28(35)23-10-14-26(15-11-23)37-20(2)34/h5-16,19,27H,17H2,1-4H3,(H,33,36)/t19-,27+/m0/s1. The van der Waals surface area contributed by atoms with Gasteiger partial charge in [-0.05, 0) is 86.8 Å². The second kappa shape index (κ2) is 12.4. The highest BCUT2D eigenvalue weighted by Gasteiger charge is 2.35. The maximum Gasteiger partial charge on any atom is 0.339 e. The lowest BCUT2D eigenvalue weighted by Gasteiger charge is -2.30. The van der Waals surface area contributed by atoms with Gasteiger partial charge in [0.1, 0.15) is 5.75 Å². The summed E-state index contributed by atoms with van der Waals surface area (Å²) in [5.41, 5.74) is 1.18. The molecule has 7 nitrogen and oxygen atoms in total. The molecule has 0 radical (unpaired) electrons. The van der Waals surface area contributed by atoms with E-state index in [1.165, 1.54) is 45.0 Å². The molecular formula is C30H29ClN2O5. The van der Waals surface area contributed by atoms with E-state index in [4.69, 9.17) is 21.1 Å². The quantitative estimate of drug-likeness (QED) is 0.284. The molecule has 3 aromatic carbocycles. The van der Waals surface area contributed by atoms with Gasteiger partial charge in [-0.25, -0.2) is 4.79 Å². The molecule has 0 aliphatic heterocycles. The van der Waals surface area contributed by atoms with E-state index in [1.807, 2.05) is 49.4 Å². The van der Waals surface area contributed by atoms with Crippen LogP contribution in [0.5, 0.6) is 5.75 Å². The van der Waals surface area contributed by atoms with E-state index in [0.717, 1.165) is 11.1 Å². The van der Waals surface area contributed by atoms with Gasteiger partial charge in [-0.15, -0.1) is 0 Å². The molecule has 0 aromatic heterocycles. The Morgan fingerprint density at radius 2 is 1.68 bits per heavy atom. The molecule has 0 saturated carbocycles. The largest absolute Gasteiger partial charge is 0.446 e. The summed E-state index contributed by atoms with van der Waals surface area (Å²) in [4.78, 5) is 37.1. The minimum absolute atomic E-state index is 0.172. The maximum atomic E-state index is 13.3. The highest BCUT2D eigenvalue weighted by atomic mass is 35.5. The van der Waals surface area contributed by atoms with E-state index >= 15 is 0 Å². The third-order valence-corrected chi connectivity index (χ3v) is 6.27. The molecular weight excluding hydrogens is 504 g/mol. The summed E-state index contributed by atoms with van der Waals surface area (Å²) in [5, 5.41) is 13.0. The lowest BCUT2D eigenvalue weighted by Crippen LogP contribution is -2.50. The molecule has 196 valence electrons. The topological polar surface area (TPSA) is 105 Å². The van der Waals surface area contributed by atoms with E-state index < -0.39 is 23.4 Å². The summed E-state index contributed by atoms with van der Waals surface area (Å²) in [6.45, 7) is 6.20. The minimum atomic E-state index is -1.47. The van der Waals surface area contributed by atoms with Crippen LogP contribution in [0.2, 0.25) is 5.02 Å². The maximum absolute atomic E-state index is 13.3. The molecule has 0 bridgehead atoms. The molecule has 1 N–H and O–H groups in total. The first-order valence-electron chi connectivity index (χ1n) is 12.1. The summed E-state index contributed by atoms with van der Waals surface area (Å²) in [6, 6.07) is 22.4. The Hall–Kier alpha value is -4.15. The number of carbonyl (C=O) groups excluding carboxylic acids is 3. The molecule has 0 spiro atoms. The Balaban J connectivity index is 1.75.